The standard InChI is InChI=1S/C26H49N3O9/c1-19(2)20(3)22(30)8-7-21(25(33)34)29-24(32)18-38-16-13-35-11-9-27-23(31)17-37-15-14-36-12-10-28-26(4,5)6/h19-21,28H,7-18H2,1-6H3,(H,27,31)(H,29,32)(H,33,34). The molecule has 12 heteroatoms. The van der Waals surface area contributed by atoms with Gasteiger partial charge < -0.3 is 40.0 Å². The second-order valence-corrected chi connectivity index (χ2v) is 10.4. The van der Waals surface area contributed by atoms with Crippen molar-refractivity contribution in [2.24, 2.45) is 11.8 Å². The van der Waals surface area contributed by atoms with E-state index in [0.29, 0.717) is 26.4 Å². The van der Waals surface area contributed by atoms with E-state index in [2.05, 4.69) is 36.7 Å². The van der Waals surface area contributed by atoms with Crippen molar-refractivity contribution >= 4 is 23.6 Å². The van der Waals surface area contributed by atoms with Gasteiger partial charge in [-0.2, -0.15) is 0 Å². The molecule has 0 spiro atoms. The number of carboxylic acid groups (broad SMARTS) is 1. The summed E-state index contributed by atoms with van der Waals surface area (Å²) < 4.78 is 21.2. The number of rotatable bonds is 23. The van der Waals surface area contributed by atoms with Crippen LogP contribution >= 0.6 is 0 Å². The van der Waals surface area contributed by atoms with Crippen LogP contribution in [0.4, 0.5) is 0 Å². The molecule has 0 radical (unpaired) electrons. The zero-order valence-electron chi connectivity index (χ0n) is 23.9. The van der Waals surface area contributed by atoms with E-state index in [0.717, 1.165) is 6.54 Å². The molecule has 2 atom stereocenters. The minimum atomic E-state index is -1.20. The van der Waals surface area contributed by atoms with Crippen LogP contribution in [0.25, 0.3) is 0 Å². The molecular formula is C26H49N3O9. The number of carbonyl (C=O) groups is 4. The fraction of sp³-hybridized carbons (Fsp3) is 0.846. The lowest BCUT2D eigenvalue weighted by Crippen LogP contribution is -2.43. The van der Waals surface area contributed by atoms with E-state index in [1.807, 2.05) is 20.8 Å². The van der Waals surface area contributed by atoms with Crippen LogP contribution in [0.3, 0.4) is 0 Å². The molecule has 4 N–H and O–H groups in total. The summed E-state index contributed by atoms with van der Waals surface area (Å²) in [6, 6.07) is -1.15. The van der Waals surface area contributed by atoms with Crippen molar-refractivity contribution in [3.05, 3.63) is 0 Å². The van der Waals surface area contributed by atoms with Crippen LogP contribution < -0.4 is 16.0 Å². The molecule has 2 unspecified atom stereocenters. The maximum absolute atomic E-state index is 12.1. The Morgan fingerprint density at radius 1 is 0.763 bits per heavy atom. The molecule has 38 heavy (non-hydrogen) atoms. The highest BCUT2D eigenvalue weighted by atomic mass is 16.5. The molecule has 0 saturated heterocycles. The van der Waals surface area contributed by atoms with Gasteiger partial charge in [-0.05, 0) is 33.1 Å². The number of hydrogen-bond acceptors (Lipinski definition) is 9. The first-order valence-electron chi connectivity index (χ1n) is 13.2. The monoisotopic (exact) mass is 547 g/mol. The highest BCUT2D eigenvalue weighted by Gasteiger charge is 2.23. The summed E-state index contributed by atoms with van der Waals surface area (Å²) in [6.45, 7) is 14.5. The van der Waals surface area contributed by atoms with E-state index in [1.54, 1.807) is 0 Å². The average Bonchev–Trinajstić information content (AvgIpc) is 2.83. The molecule has 0 rings (SSSR count). The summed E-state index contributed by atoms with van der Waals surface area (Å²) in [4.78, 5) is 47.2. The summed E-state index contributed by atoms with van der Waals surface area (Å²) in [6.07, 6.45) is 0.109. The number of Topliss-reactive ketones (excluding diaryl/α,β-unsaturated/α-hetero) is 1. The summed E-state index contributed by atoms with van der Waals surface area (Å²) >= 11 is 0. The van der Waals surface area contributed by atoms with Crippen molar-refractivity contribution in [3.8, 4) is 0 Å². The first-order chi connectivity index (χ1) is 17.8. The van der Waals surface area contributed by atoms with Gasteiger partial charge in [-0.3, -0.25) is 14.4 Å². The third-order valence-electron chi connectivity index (χ3n) is 5.50. The van der Waals surface area contributed by atoms with Crippen molar-refractivity contribution in [1.82, 2.24) is 16.0 Å². The Labute approximate surface area is 226 Å². The summed E-state index contributed by atoms with van der Waals surface area (Å²) in [5.74, 6) is -2.06. The molecule has 12 nitrogen and oxygen atoms in total. The second-order valence-electron chi connectivity index (χ2n) is 10.4. The number of amides is 2. The summed E-state index contributed by atoms with van der Waals surface area (Å²) in [5.41, 5.74) is 0.0501. The number of ketones is 1. The fourth-order valence-electron chi connectivity index (χ4n) is 2.96. The molecule has 0 aliphatic rings. The zero-order valence-corrected chi connectivity index (χ0v) is 23.9. The van der Waals surface area contributed by atoms with Gasteiger partial charge in [-0.25, -0.2) is 4.79 Å². The molecular weight excluding hydrogens is 498 g/mol. The average molecular weight is 548 g/mol. The third-order valence-corrected chi connectivity index (χ3v) is 5.50. The molecule has 0 aromatic carbocycles. The molecule has 2 amide bonds. The number of hydrogen-bond donors (Lipinski definition) is 4. The van der Waals surface area contributed by atoms with E-state index in [4.69, 9.17) is 18.9 Å². The van der Waals surface area contributed by atoms with E-state index >= 15 is 0 Å². The molecule has 0 aliphatic carbocycles. The van der Waals surface area contributed by atoms with Crippen LogP contribution in [-0.4, -0.2) is 106 Å². The Kier molecular flexibility index (Phi) is 19.6. The van der Waals surface area contributed by atoms with Gasteiger partial charge in [0, 0.05) is 31.0 Å². The molecule has 0 heterocycles. The second kappa shape index (κ2) is 20.8. The highest BCUT2D eigenvalue weighted by Crippen LogP contribution is 2.14. The van der Waals surface area contributed by atoms with Gasteiger partial charge >= 0.3 is 5.97 Å². The Morgan fingerprint density at radius 3 is 1.82 bits per heavy atom. The molecule has 0 bridgehead atoms. The molecule has 222 valence electrons. The normalized spacial score (nSPS) is 13.2. The lowest BCUT2D eigenvalue weighted by Gasteiger charge is -2.20. The predicted octanol–water partition coefficient (Wildman–Crippen LogP) is 0.768. The van der Waals surface area contributed by atoms with Gasteiger partial charge in [-0.1, -0.05) is 20.8 Å². The van der Waals surface area contributed by atoms with Crippen LogP contribution in [0, 0.1) is 11.8 Å². The Morgan fingerprint density at radius 2 is 1.29 bits per heavy atom. The minimum Gasteiger partial charge on any atom is -0.480 e. The maximum atomic E-state index is 12.1. The lowest BCUT2D eigenvalue weighted by molar-refractivity contribution is -0.143. The van der Waals surface area contributed by atoms with Crippen molar-refractivity contribution in [3.63, 3.8) is 0 Å². The number of carbonyl (C=O) groups excluding carboxylic acids is 3. The van der Waals surface area contributed by atoms with Crippen molar-refractivity contribution < 1.29 is 43.2 Å². The van der Waals surface area contributed by atoms with Crippen LogP contribution in [0.15, 0.2) is 0 Å². The first kappa shape index (κ1) is 35.9. The van der Waals surface area contributed by atoms with E-state index in [1.165, 1.54) is 0 Å². The molecule has 0 aromatic heterocycles. The molecule has 0 saturated carbocycles. The Hall–Kier alpha value is -2.12. The van der Waals surface area contributed by atoms with E-state index < -0.39 is 17.9 Å². The molecule has 0 fully saturated rings. The Bertz CT molecular complexity index is 696. The quantitative estimate of drug-likeness (QED) is 0.134. The first-order valence-corrected chi connectivity index (χ1v) is 13.2. The van der Waals surface area contributed by atoms with Crippen LogP contribution in [-0.2, 0) is 38.1 Å². The van der Waals surface area contributed by atoms with Crippen LogP contribution in [0.1, 0.15) is 54.4 Å². The third kappa shape index (κ3) is 20.9. The minimum absolute atomic E-state index is 0.0253. The fourth-order valence-corrected chi connectivity index (χ4v) is 2.96. The number of carboxylic acids is 1. The number of nitrogens with one attached hydrogen (secondary N) is 3. The van der Waals surface area contributed by atoms with Gasteiger partial charge in [-0.15, -0.1) is 0 Å². The largest absolute Gasteiger partial charge is 0.480 e. The van der Waals surface area contributed by atoms with Crippen molar-refractivity contribution in [2.75, 3.05) is 65.9 Å². The van der Waals surface area contributed by atoms with Gasteiger partial charge in [0.2, 0.25) is 11.8 Å². The van der Waals surface area contributed by atoms with E-state index in [9.17, 15) is 24.3 Å². The van der Waals surface area contributed by atoms with Gasteiger partial charge in [0.05, 0.1) is 39.6 Å². The van der Waals surface area contributed by atoms with Gasteiger partial charge in [0.25, 0.3) is 0 Å². The van der Waals surface area contributed by atoms with Crippen LogP contribution in [0.5, 0.6) is 0 Å². The topological polar surface area (TPSA) is 162 Å². The molecule has 0 aromatic rings. The predicted molar refractivity (Wildman–Crippen MR) is 142 cm³/mol. The van der Waals surface area contributed by atoms with Gasteiger partial charge in [0.15, 0.2) is 0 Å². The summed E-state index contributed by atoms with van der Waals surface area (Å²) in [5, 5.41) is 17.6. The van der Waals surface area contributed by atoms with Crippen molar-refractivity contribution in [2.45, 2.75) is 66.0 Å². The van der Waals surface area contributed by atoms with Gasteiger partial charge in [0.1, 0.15) is 25.0 Å². The SMILES string of the molecule is CC(C)C(C)C(=O)CCC(NC(=O)COCCOCCNC(=O)COCCOCCNC(C)(C)C)C(=O)O. The highest BCUT2D eigenvalue weighted by molar-refractivity contribution is 5.85. The van der Waals surface area contributed by atoms with E-state index in [-0.39, 0.29) is 74.9 Å². The lowest BCUT2D eigenvalue weighted by atomic mass is 9.90. The maximum Gasteiger partial charge on any atom is 0.326 e. The number of aliphatic carboxylic acids is 1. The zero-order chi connectivity index (χ0) is 29.0. The number of ether oxygens (including phenoxy) is 4. The smallest absolute Gasteiger partial charge is 0.326 e. The van der Waals surface area contributed by atoms with Crippen molar-refractivity contribution in [1.29, 1.82) is 0 Å². The Balaban J connectivity index is 3.74. The molecule has 0 aliphatic heterocycles. The summed E-state index contributed by atoms with van der Waals surface area (Å²) in [7, 11) is 0. The van der Waals surface area contributed by atoms with Crippen LogP contribution in [0.2, 0.25) is 0 Å².